The van der Waals surface area contributed by atoms with Gasteiger partial charge in [-0.3, -0.25) is 49.2 Å². The number of aromatic nitrogens is 7. The first-order valence-electron chi connectivity index (χ1n) is 41.0. The molecule has 4 unspecified atom stereocenters. The van der Waals surface area contributed by atoms with Crippen molar-refractivity contribution in [2.24, 2.45) is 5.41 Å². The summed E-state index contributed by atoms with van der Waals surface area (Å²) < 4.78 is 27.5. The van der Waals surface area contributed by atoms with Crippen LogP contribution in [0.4, 0.5) is 0 Å². The maximum absolute atomic E-state index is 12.8. The van der Waals surface area contributed by atoms with Crippen molar-refractivity contribution in [1.82, 2.24) is 45.2 Å². The molecule has 21 rings (SSSR count). The van der Waals surface area contributed by atoms with Gasteiger partial charge >= 0.3 is 0 Å². The summed E-state index contributed by atoms with van der Waals surface area (Å²) in [5.74, 6) is 1.51. The van der Waals surface area contributed by atoms with Crippen LogP contribution in [0.25, 0.3) is 62.8 Å². The minimum absolute atomic E-state index is 0.0202. The molecular weight excluding hydrogens is 1810 g/mol. The van der Waals surface area contributed by atoms with Crippen molar-refractivity contribution in [2.45, 2.75) is 99.2 Å². The molecule has 127 heavy (non-hydrogen) atoms. The minimum atomic E-state index is -3.65. The number of pyridine rings is 5. The number of β-amino-alcohol motifs (C(OH)–C–C–N with tert-alkyl or cyclic N) is 1. The van der Waals surface area contributed by atoms with Crippen LogP contribution in [0.1, 0.15) is 172 Å². The third kappa shape index (κ3) is 19.6. The number of rotatable bonds is 12. The van der Waals surface area contributed by atoms with E-state index in [2.05, 4.69) is 132 Å². The van der Waals surface area contributed by atoms with Crippen LogP contribution in [0.3, 0.4) is 0 Å². The van der Waals surface area contributed by atoms with Gasteiger partial charge in [-0.25, -0.2) is 13.1 Å². The number of aliphatic hydroxyl groups is 1. The molecule has 638 valence electrons. The molecule has 0 radical (unpaired) electrons. The second-order valence-electron chi connectivity index (χ2n) is 32.1. The maximum atomic E-state index is 12.8. The Morgan fingerprint density at radius 3 is 1.38 bits per heavy atom. The summed E-state index contributed by atoms with van der Waals surface area (Å²) in [4.78, 5) is 78.8. The number of thiophene rings is 5. The molecule has 0 bridgehead atoms. The molecule has 4 N–H and O–H groups in total. The number of halogens is 5. The van der Waals surface area contributed by atoms with Crippen molar-refractivity contribution in [3.63, 3.8) is 0 Å². The highest BCUT2D eigenvalue weighted by atomic mass is 35.5. The Hall–Kier alpha value is -10.6. The van der Waals surface area contributed by atoms with Gasteiger partial charge in [0.2, 0.25) is 0 Å². The number of amides is 1. The van der Waals surface area contributed by atoms with Crippen molar-refractivity contribution in [2.75, 3.05) is 13.1 Å². The number of carbonyl (C=O) groups is 4. The molecule has 0 spiro atoms. The predicted molar refractivity (Wildman–Crippen MR) is 514 cm³/mol. The van der Waals surface area contributed by atoms with Gasteiger partial charge in [-0.05, 0) is 273 Å². The van der Waals surface area contributed by atoms with Crippen molar-refractivity contribution >= 4 is 148 Å². The SMILES string of the molecule is CC(=O)Cc1cc(-c2cc3c(s2)C(=O)CCC3c2ccc(Cl)cc2)ccn1.CC1(C)CC(=O)c2sc(-c3ccncc3)cc2C1c1ccc(Cl)cc1.Clc1ccc(C2CCc3cn[nH]c3-c3sc(-c4ccncc4)cc32)cc1.O=C1NCCC(c2ccc(Cl)cc2)c2cc(-c3ccncc3)sc21.O=S1(=O)NC[C@@](O)(c2ccc(Cl)cc2)c2cc(-c3ccncc3)sc21. The van der Waals surface area contributed by atoms with Gasteiger partial charge in [-0.1, -0.05) is 133 Å². The van der Waals surface area contributed by atoms with Crippen LogP contribution < -0.4 is 10.0 Å². The molecule has 27 heteroatoms. The number of Topliss-reactive ketones (excluding diaryl/α,β-unsaturated/α-hetero) is 3. The molecule has 5 aliphatic rings. The molecule has 5 aromatic carbocycles. The third-order valence-corrected chi connectivity index (χ3v) is 32.5. The average molecular weight is 1890 g/mol. The topological polar surface area (TPSA) is 240 Å². The predicted octanol–water partition coefficient (Wildman–Crippen LogP) is 25.6. The molecule has 11 aromatic heterocycles. The van der Waals surface area contributed by atoms with E-state index in [1.807, 2.05) is 127 Å². The van der Waals surface area contributed by atoms with Crippen molar-refractivity contribution < 1.29 is 32.7 Å². The van der Waals surface area contributed by atoms with E-state index < -0.39 is 15.6 Å². The highest BCUT2D eigenvalue weighted by Gasteiger charge is 2.45. The summed E-state index contributed by atoms with van der Waals surface area (Å²) in [6.45, 7) is 6.47. The van der Waals surface area contributed by atoms with Crippen LogP contribution in [-0.4, -0.2) is 85.0 Å². The van der Waals surface area contributed by atoms with Crippen LogP contribution in [0.5, 0.6) is 0 Å². The van der Waals surface area contributed by atoms with Crippen LogP contribution in [0.2, 0.25) is 25.1 Å². The molecule has 13 heterocycles. The average Bonchev–Trinajstić information content (AvgIpc) is 1.65. The molecule has 0 saturated carbocycles. The highest BCUT2D eigenvalue weighted by Crippen LogP contribution is 2.54. The Balaban J connectivity index is 0.000000112. The molecule has 16 nitrogen and oxygen atoms in total. The van der Waals surface area contributed by atoms with Gasteiger partial charge in [-0.15, -0.1) is 56.7 Å². The fraction of sp³-hybridized carbons (Fsp3) is 0.180. The van der Waals surface area contributed by atoms with Crippen molar-refractivity contribution in [1.29, 1.82) is 0 Å². The van der Waals surface area contributed by atoms with Crippen LogP contribution in [0.15, 0.2) is 279 Å². The van der Waals surface area contributed by atoms with Gasteiger partial charge in [0.25, 0.3) is 15.9 Å². The number of ketones is 3. The molecule has 16 aromatic rings. The quantitative estimate of drug-likeness (QED) is 0.0891. The van der Waals surface area contributed by atoms with E-state index in [0.29, 0.717) is 52.9 Å². The van der Waals surface area contributed by atoms with E-state index in [4.69, 9.17) is 58.0 Å². The van der Waals surface area contributed by atoms with Crippen molar-refractivity contribution in [3.8, 4) is 62.8 Å². The Morgan fingerprint density at radius 2 is 0.874 bits per heavy atom. The number of H-pyrrole nitrogens is 1. The summed E-state index contributed by atoms with van der Waals surface area (Å²) in [5, 5.41) is 25.3. The lowest BCUT2D eigenvalue weighted by Crippen LogP contribution is -2.46. The summed E-state index contributed by atoms with van der Waals surface area (Å²) in [5.41, 5.74) is 17.5. The number of aromatic amines is 1. The van der Waals surface area contributed by atoms with Crippen LogP contribution in [-0.2, 0) is 33.3 Å². The second kappa shape index (κ2) is 38.3. The van der Waals surface area contributed by atoms with E-state index in [0.717, 1.165) is 131 Å². The number of aryl methyl sites for hydroxylation is 1. The number of benzene rings is 5. The number of hydrogen-bond donors (Lipinski definition) is 4. The van der Waals surface area contributed by atoms with E-state index in [1.165, 1.54) is 65.7 Å². The summed E-state index contributed by atoms with van der Waals surface area (Å²) in [6.07, 6.45) is 23.0. The molecule has 3 aliphatic carbocycles. The van der Waals surface area contributed by atoms with Gasteiger partial charge in [0.05, 0.1) is 31.4 Å². The number of hydrogen-bond acceptors (Lipinski definition) is 18. The fourth-order valence-electron chi connectivity index (χ4n) is 17.1. The largest absolute Gasteiger partial charge is 0.379 e. The number of carbonyl (C=O) groups excluding carboxylic acids is 4. The first kappa shape index (κ1) is 88.4. The highest BCUT2D eigenvalue weighted by molar-refractivity contribution is 7.91. The van der Waals surface area contributed by atoms with Crippen molar-refractivity contribution in [3.05, 3.63) is 381 Å². The van der Waals surface area contributed by atoms with E-state index in [-0.39, 0.29) is 57.2 Å². The normalized spacial score (nSPS) is 17.9. The zero-order valence-corrected chi connectivity index (χ0v) is 77.3. The lowest BCUT2D eigenvalue weighted by molar-refractivity contribution is -0.116. The van der Waals surface area contributed by atoms with E-state index in [1.54, 1.807) is 115 Å². The van der Waals surface area contributed by atoms with Crippen LogP contribution in [0, 0.1) is 5.41 Å². The third-order valence-electron chi connectivity index (χ3n) is 23.3. The molecule has 0 saturated heterocycles. The van der Waals surface area contributed by atoms with Gasteiger partial charge in [-0.2, -0.15) is 5.10 Å². The fourth-order valence-corrected chi connectivity index (χ4v) is 25.3. The number of fused-ring (bicyclic) bond motifs is 7. The minimum Gasteiger partial charge on any atom is -0.379 e. The monoisotopic (exact) mass is 1890 g/mol. The Morgan fingerprint density at radius 1 is 0.465 bits per heavy atom. The van der Waals surface area contributed by atoms with E-state index >= 15 is 0 Å². The van der Waals surface area contributed by atoms with Gasteiger partial charge < -0.3 is 10.4 Å². The summed E-state index contributed by atoms with van der Waals surface area (Å²) in [7, 11) is -3.65. The zero-order chi connectivity index (χ0) is 88.3. The first-order chi connectivity index (χ1) is 61.4. The van der Waals surface area contributed by atoms with Gasteiger partial charge in [0, 0.05) is 173 Å². The standard InChI is InChI=1S/C22H18ClNO2S.C21H16ClN3S.C21H18ClNOS.C19H15ClN2OS.C17H13ClN2O3S2/c1-13(25)10-17-11-15(8-9-24-17)21-12-19-18(6-7-20(26)22(19)27-21)14-2-4-16(23)5-3-14;22-16-4-1-13(2-5-16)17-6-3-15-12-24-25-20(15)21-18(17)11-19(26-21)14-7-9-23-10-8-14;1-21(2)12-17(24)20-16(19(21)14-3-5-15(22)6-4-14)11-18(25-20)13-7-9-23-10-8-13;20-14-3-1-12(2-4-14)15-7-10-22-19(23)18-16(15)11-17(24-18)13-5-8-21-9-6-13;18-13-3-1-12(2-4-13)17(21)10-20-25(22,23)16-14(17)9-15(24-16)11-5-7-19-8-6-11/h2-5,8-9,11-12,18H,6-7,10H2,1H3;1-2,4-5,7-12,17H,3,6H2,(H,24,25);3-11,19H,12H2,1-2H3;1-6,8-9,11,15H,7,10H2,(H,22,23);1-9,20-21H,10H2/t;;;;17-/m....1/s1. The molecular formula is C100H80Cl5N9O7S6. The van der Waals surface area contributed by atoms with Gasteiger partial charge in [0.1, 0.15) is 15.6 Å². The number of sulfonamides is 1. The molecule has 2 aliphatic heterocycles. The smallest absolute Gasteiger partial charge is 0.261 e. The lowest BCUT2D eigenvalue weighted by Gasteiger charge is -2.38. The molecule has 5 atom stereocenters. The number of nitrogens with one attached hydrogen (secondary N) is 3. The Kier molecular flexibility index (Phi) is 26.7. The zero-order valence-electron chi connectivity index (χ0n) is 68.6. The Bertz CT molecular complexity index is 6810. The van der Waals surface area contributed by atoms with E-state index in [9.17, 15) is 32.7 Å². The maximum Gasteiger partial charge on any atom is 0.261 e. The molecule has 1 amide bonds. The lowest BCUT2D eigenvalue weighted by atomic mass is 9.65. The molecule has 0 fully saturated rings. The van der Waals surface area contributed by atoms with Gasteiger partial charge in [0.15, 0.2) is 11.6 Å². The first-order valence-corrected chi connectivity index (χ1v) is 48.5. The summed E-state index contributed by atoms with van der Waals surface area (Å²) in [6, 6.07) is 68.9. The van der Waals surface area contributed by atoms with Crippen LogP contribution >= 0.6 is 115 Å². The summed E-state index contributed by atoms with van der Waals surface area (Å²) >= 11 is 37.8. The second-order valence-corrected chi connectivity index (χ2v) is 41.5. The Labute approximate surface area is 780 Å². The number of nitrogens with zero attached hydrogens (tertiary/aromatic N) is 6.